The number of hydrogen-bond donors (Lipinski definition) is 1. The highest BCUT2D eigenvalue weighted by Crippen LogP contribution is 2.30. The van der Waals surface area contributed by atoms with Crippen molar-refractivity contribution < 1.29 is 14.5 Å². The Morgan fingerprint density at radius 3 is 2.90 bits per heavy atom. The zero-order valence-electron chi connectivity index (χ0n) is 16.4. The zero-order valence-corrected chi connectivity index (χ0v) is 18.0. The highest BCUT2D eigenvalue weighted by atomic mass is 32.2. The van der Waals surface area contributed by atoms with Crippen LogP contribution in [0.3, 0.4) is 0 Å². The number of benzene rings is 2. The summed E-state index contributed by atoms with van der Waals surface area (Å²) in [7, 11) is 0. The number of aromatic nitrogens is 1. The third-order valence-electron chi connectivity index (χ3n) is 4.55. The molecule has 1 saturated heterocycles. The number of fused-ring (bicyclic) bond motifs is 1. The first-order valence-electron chi connectivity index (χ1n) is 9.51. The van der Waals surface area contributed by atoms with E-state index in [9.17, 15) is 14.9 Å². The Balaban J connectivity index is 1.34. The minimum absolute atomic E-state index is 0.00330. The largest absolute Gasteiger partial charge is 0.378 e. The molecule has 11 heteroatoms. The summed E-state index contributed by atoms with van der Waals surface area (Å²) in [6.45, 7) is 2.30. The number of hydrazone groups is 1. The zero-order chi connectivity index (χ0) is 21.6. The highest BCUT2D eigenvalue weighted by molar-refractivity contribution is 8.01. The molecule has 160 valence electrons. The number of morpholine rings is 1. The van der Waals surface area contributed by atoms with E-state index >= 15 is 0 Å². The van der Waals surface area contributed by atoms with Gasteiger partial charge in [-0.3, -0.25) is 14.9 Å². The third-order valence-corrected chi connectivity index (χ3v) is 6.73. The molecule has 0 unspecified atom stereocenters. The Labute approximate surface area is 186 Å². The standard InChI is InChI=1S/C20H19N5O4S2/c26-19(13-30-20-22-15-3-1-2-4-18(15)31-20)23-21-12-14-5-6-16(17(11-14)25(27)28)24-7-9-29-10-8-24/h1-6,11-12H,7-10,13H2,(H,23,26)/b21-12+. The monoisotopic (exact) mass is 457 g/mol. The van der Waals surface area contributed by atoms with Crippen LogP contribution in [0.4, 0.5) is 11.4 Å². The van der Waals surface area contributed by atoms with Gasteiger partial charge in [-0.15, -0.1) is 11.3 Å². The number of para-hydroxylation sites is 1. The average Bonchev–Trinajstić information content (AvgIpc) is 3.21. The van der Waals surface area contributed by atoms with Crippen LogP contribution in [0.15, 0.2) is 51.9 Å². The Morgan fingerprint density at radius 1 is 1.32 bits per heavy atom. The van der Waals surface area contributed by atoms with Gasteiger partial charge < -0.3 is 9.64 Å². The van der Waals surface area contributed by atoms with Crippen molar-refractivity contribution in [1.82, 2.24) is 10.4 Å². The number of nitrogens with zero attached hydrogens (tertiary/aromatic N) is 4. The molecule has 0 saturated carbocycles. The Bertz CT molecular complexity index is 1090. The van der Waals surface area contributed by atoms with Crippen molar-refractivity contribution in [2.24, 2.45) is 5.10 Å². The van der Waals surface area contributed by atoms with Crippen molar-refractivity contribution in [3.8, 4) is 0 Å². The summed E-state index contributed by atoms with van der Waals surface area (Å²) in [5.74, 6) is -0.104. The van der Waals surface area contributed by atoms with Crippen LogP contribution in [0.5, 0.6) is 0 Å². The van der Waals surface area contributed by atoms with Crippen molar-refractivity contribution in [1.29, 1.82) is 0 Å². The molecule has 1 fully saturated rings. The fraction of sp³-hybridized carbons (Fsp3) is 0.250. The molecule has 1 aromatic heterocycles. The van der Waals surface area contributed by atoms with Gasteiger partial charge in [0.05, 0.1) is 40.3 Å². The van der Waals surface area contributed by atoms with Gasteiger partial charge >= 0.3 is 0 Å². The van der Waals surface area contributed by atoms with Gasteiger partial charge in [0, 0.05) is 24.7 Å². The molecule has 3 aromatic rings. The van der Waals surface area contributed by atoms with E-state index in [1.165, 1.54) is 35.4 Å². The van der Waals surface area contributed by atoms with Crippen LogP contribution < -0.4 is 10.3 Å². The van der Waals surface area contributed by atoms with E-state index < -0.39 is 4.92 Å². The van der Waals surface area contributed by atoms with Gasteiger partial charge in [0.2, 0.25) is 0 Å². The maximum Gasteiger partial charge on any atom is 0.293 e. The molecule has 0 aliphatic carbocycles. The minimum Gasteiger partial charge on any atom is -0.378 e. The number of carbonyl (C=O) groups excluding carboxylic acids is 1. The van der Waals surface area contributed by atoms with E-state index in [-0.39, 0.29) is 17.3 Å². The first-order chi connectivity index (χ1) is 15.1. The van der Waals surface area contributed by atoms with Crippen LogP contribution >= 0.6 is 23.1 Å². The fourth-order valence-corrected chi connectivity index (χ4v) is 4.95. The molecule has 4 rings (SSSR count). The molecule has 0 bridgehead atoms. The van der Waals surface area contributed by atoms with Gasteiger partial charge in [-0.1, -0.05) is 30.0 Å². The topological polar surface area (TPSA) is 110 Å². The second-order valence-corrected chi connectivity index (χ2v) is 8.89. The number of nitro groups is 1. The molecule has 0 atom stereocenters. The molecule has 1 aliphatic rings. The molecule has 0 spiro atoms. The number of rotatable bonds is 7. The lowest BCUT2D eigenvalue weighted by Gasteiger charge is -2.28. The van der Waals surface area contributed by atoms with Gasteiger partial charge in [0.15, 0.2) is 4.34 Å². The van der Waals surface area contributed by atoms with E-state index in [1.54, 1.807) is 12.1 Å². The van der Waals surface area contributed by atoms with Crippen molar-refractivity contribution in [2.75, 3.05) is 37.0 Å². The molecule has 2 heterocycles. The van der Waals surface area contributed by atoms with Gasteiger partial charge in [-0.25, -0.2) is 10.4 Å². The van der Waals surface area contributed by atoms with Crippen molar-refractivity contribution in [3.63, 3.8) is 0 Å². The number of thioether (sulfide) groups is 1. The molecule has 31 heavy (non-hydrogen) atoms. The second-order valence-electron chi connectivity index (χ2n) is 6.63. The summed E-state index contributed by atoms with van der Waals surface area (Å²) in [6.07, 6.45) is 1.40. The smallest absolute Gasteiger partial charge is 0.293 e. The molecule has 1 amide bonds. The predicted octanol–water partition coefficient (Wildman–Crippen LogP) is 3.28. The first kappa shape index (κ1) is 21.2. The van der Waals surface area contributed by atoms with E-state index in [4.69, 9.17) is 4.74 Å². The lowest BCUT2D eigenvalue weighted by atomic mass is 10.1. The molecule has 0 radical (unpaired) electrons. The summed E-state index contributed by atoms with van der Waals surface area (Å²) in [4.78, 5) is 29.6. The summed E-state index contributed by atoms with van der Waals surface area (Å²) < 4.78 is 7.20. The van der Waals surface area contributed by atoms with Crippen molar-refractivity contribution >= 4 is 56.8 Å². The Kier molecular flexibility index (Phi) is 6.75. The van der Waals surface area contributed by atoms with Crippen molar-refractivity contribution in [2.45, 2.75) is 4.34 Å². The van der Waals surface area contributed by atoms with E-state index in [0.717, 1.165) is 14.6 Å². The Hall–Kier alpha value is -3.02. The number of hydrogen-bond acceptors (Lipinski definition) is 9. The molecular formula is C20H19N5O4S2. The van der Waals surface area contributed by atoms with E-state index in [1.807, 2.05) is 29.2 Å². The van der Waals surface area contributed by atoms with E-state index in [2.05, 4.69) is 15.5 Å². The van der Waals surface area contributed by atoms with Gasteiger partial charge in [-0.2, -0.15) is 5.10 Å². The average molecular weight is 458 g/mol. The van der Waals surface area contributed by atoms with Crippen LogP contribution in [0, 0.1) is 10.1 Å². The van der Waals surface area contributed by atoms with Gasteiger partial charge in [-0.05, 0) is 18.2 Å². The predicted molar refractivity (Wildman–Crippen MR) is 122 cm³/mol. The highest BCUT2D eigenvalue weighted by Gasteiger charge is 2.21. The Morgan fingerprint density at radius 2 is 2.13 bits per heavy atom. The third kappa shape index (κ3) is 5.37. The number of carbonyl (C=O) groups is 1. The van der Waals surface area contributed by atoms with Crippen LogP contribution in [0.2, 0.25) is 0 Å². The summed E-state index contributed by atoms with van der Waals surface area (Å²) in [5.41, 5.74) is 4.45. The quantitative estimate of drug-likeness (QED) is 0.251. The summed E-state index contributed by atoms with van der Waals surface area (Å²) in [5, 5.41) is 15.4. The molecule has 9 nitrogen and oxygen atoms in total. The van der Waals surface area contributed by atoms with Crippen molar-refractivity contribution in [3.05, 3.63) is 58.1 Å². The van der Waals surface area contributed by atoms with Crippen LogP contribution in [0.25, 0.3) is 10.2 Å². The number of nitrogens with one attached hydrogen (secondary N) is 1. The number of ether oxygens (including phenoxy) is 1. The fourth-order valence-electron chi connectivity index (χ4n) is 3.09. The molecule has 2 aromatic carbocycles. The number of nitro benzene ring substituents is 1. The lowest BCUT2D eigenvalue weighted by Crippen LogP contribution is -2.36. The number of anilines is 1. The normalized spacial score (nSPS) is 14.3. The van der Waals surface area contributed by atoms with Gasteiger partial charge in [0.1, 0.15) is 5.69 Å². The summed E-state index contributed by atoms with van der Waals surface area (Å²) in [6, 6.07) is 12.7. The number of thiazole rings is 1. The second kappa shape index (κ2) is 9.86. The number of amides is 1. The first-order valence-corrected chi connectivity index (χ1v) is 11.3. The molecular weight excluding hydrogens is 438 g/mol. The SMILES string of the molecule is O=C(CSc1nc2ccccc2s1)N/N=C/c1ccc(N2CCOCC2)c([N+](=O)[O-])c1. The lowest BCUT2D eigenvalue weighted by molar-refractivity contribution is -0.384. The summed E-state index contributed by atoms with van der Waals surface area (Å²) >= 11 is 2.88. The maximum atomic E-state index is 12.1. The minimum atomic E-state index is -0.407. The molecule has 1 N–H and O–H groups in total. The van der Waals surface area contributed by atoms with Crippen LogP contribution in [-0.2, 0) is 9.53 Å². The van der Waals surface area contributed by atoms with Gasteiger partial charge in [0.25, 0.3) is 11.6 Å². The van der Waals surface area contributed by atoms with Crippen LogP contribution in [0.1, 0.15) is 5.56 Å². The maximum absolute atomic E-state index is 12.1. The van der Waals surface area contributed by atoms with Crippen LogP contribution in [-0.4, -0.2) is 54.1 Å². The molecule has 1 aliphatic heterocycles. The van der Waals surface area contributed by atoms with E-state index in [0.29, 0.717) is 37.6 Å².